The van der Waals surface area contributed by atoms with Crippen LogP contribution >= 0.6 is 0 Å². The highest BCUT2D eigenvalue weighted by molar-refractivity contribution is 5.31. The van der Waals surface area contributed by atoms with Crippen LogP contribution in [0.4, 0.5) is 0 Å². The largest absolute Gasteiger partial charge is 0.394 e. The van der Waals surface area contributed by atoms with Gasteiger partial charge in [-0.05, 0) is 23.1 Å². The van der Waals surface area contributed by atoms with Gasteiger partial charge in [-0.3, -0.25) is 0 Å². The summed E-state index contributed by atoms with van der Waals surface area (Å²) in [4.78, 5) is 0. The van der Waals surface area contributed by atoms with Gasteiger partial charge < -0.3 is 25.2 Å². The van der Waals surface area contributed by atoms with Crippen molar-refractivity contribution in [3.8, 4) is 0 Å². The van der Waals surface area contributed by atoms with Crippen molar-refractivity contribution < 1.29 is 25.2 Å². The van der Waals surface area contributed by atoms with Gasteiger partial charge in [-0.25, -0.2) is 0 Å². The van der Waals surface area contributed by atoms with Crippen LogP contribution in [0, 0.1) is 0 Å². The number of ether oxygens (including phenoxy) is 1. The molecule has 3 rings (SSSR count). The molecule has 2 aromatic rings. The van der Waals surface area contributed by atoms with Crippen molar-refractivity contribution in [2.45, 2.75) is 36.9 Å². The predicted octanol–water partition coefficient (Wildman–Crippen LogP) is 0.792. The quantitative estimate of drug-likeness (QED) is 0.666. The van der Waals surface area contributed by atoms with Crippen molar-refractivity contribution in [1.29, 1.82) is 0 Å². The van der Waals surface area contributed by atoms with Crippen molar-refractivity contribution in [2.24, 2.45) is 0 Å². The molecule has 1 unspecified atom stereocenters. The molecular weight excluding hydrogens is 308 g/mol. The fraction of sp³-hybridized carbons (Fsp3) is 0.368. The van der Waals surface area contributed by atoms with Crippen molar-refractivity contribution in [1.82, 2.24) is 0 Å². The molecule has 5 atom stereocenters. The summed E-state index contributed by atoms with van der Waals surface area (Å²) in [5.41, 5.74) is 2.93. The van der Waals surface area contributed by atoms with E-state index in [1.807, 2.05) is 48.5 Å². The van der Waals surface area contributed by atoms with Crippen molar-refractivity contribution in [3.63, 3.8) is 0 Å². The van der Waals surface area contributed by atoms with Gasteiger partial charge in [0.2, 0.25) is 0 Å². The number of aliphatic hydroxyl groups is 4. The van der Waals surface area contributed by atoms with Gasteiger partial charge in [0.05, 0.1) is 6.61 Å². The van der Waals surface area contributed by atoms with Crippen LogP contribution < -0.4 is 0 Å². The molecule has 0 amide bonds. The highest BCUT2D eigenvalue weighted by Crippen LogP contribution is 2.32. The zero-order chi connectivity index (χ0) is 17.1. The summed E-state index contributed by atoms with van der Waals surface area (Å²) in [6.45, 7) is -0.425. The van der Waals surface area contributed by atoms with E-state index >= 15 is 0 Å². The molecule has 0 radical (unpaired) electrons. The summed E-state index contributed by atoms with van der Waals surface area (Å²) >= 11 is 0. The summed E-state index contributed by atoms with van der Waals surface area (Å²) in [5, 5.41) is 39.4. The van der Waals surface area contributed by atoms with Gasteiger partial charge in [-0.15, -0.1) is 0 Å². The molecule has 128 valence electrons. The van der Waals surface area contributed by atoms with Gasteiger partial charge in [0.1, 0.15) is 30.5 Å². The van der Waals surface area contributed by atoms with Gasteiger partial charge in [0, 0.05) is 0 Å². The molecule has 1 saturated heterocycles. The second kappa shape index (κ2) is 7.42. The molecule has 5 nitrogen and oxygen atoms in total. The monoisotopic (exact) mass is 330 g/mol. The Morgan fingerprint density at radius 1 is 0.792 bits per heavy atom. The Hall–Kier alpha value is -1.76. The molecule has 0 saturated carbocycles. The van der Waals surface area contributed by atoms with E-state index < -0.39 is 37.1 Å². The molecule has 1 aliphatic heterocycles. The molecule has 2 aromatic carbocycles. The lowest BCUT2D eigenvalue weighted by Crippen LogP contribution is -2.55. The Labute approximate surface area is 140 Å². The minimum absolute atomic E-state index is 0.425. The average Bonchev–Trinajstić information content (AvgIpc) is 2.61. The molecule has 5 heteroatoms. The number of rotatable bonds is 4. The lowest BCUT2D eigenvalue weighted by atomic mass is 9.90. The van der Waals surface area contributed by atoms with E-state index in [9.17, 15) is 20.4 Å². The minimum atomic E-state index is -1.36. The van der Waals surface area contributed by atoms with E-state index in [0.29, 0.717) is 5.56 Å². The van der Waals surface area contributed by atoms with E-state index in [1.165, 1.54) is 5.56 Å². The first-order chi connectivity index (χ1) is 11.6. The topological polar surface area (TPSA) is 90.2 Å². The van der Waals surface area contributed by atoms with Gasteiger partial charge in [0.25, 0.3) is 0 Å². The SMILES string of the molecule is OC[C@H]1O[C@@H](c2cccc(Cc3ccccc3)c2)[C@H](O)[C@@H](O)C1O. The first kappa shape index (κ1) is 17.1. The summed E-state index contributed by atoms with van der Waals surface area (Å²) in [6, 6.07) is 17.6. The maximum atomic E-state index is 10.2. The molecule has 1 fully saturated rings. The average molecular weight is 330 g/mol. The van der Waals surface area contributed by atoms with E-state index in [4.69, 9.17) is 4.74 Å². The highest BCUT2D eigenvalue weighted by Gasteiger charge is 2.43. The van der Waals surface area contributed by atoms with Crippen LogP contribution in [0.1, 0.15) is 22.8 Å². The van der Waals surface area contributed by atoms with Crippen LogP contribution in [-0.4, -0.2) is 51.4 Å². The second-order valence-corrected chi connectivity index (χ2v) is 6.16. The minimum Gasteiger partial charge on any atom is -0.394 e. The summed E-state index contributed by atoms with van der Waals surface area (Å²) in [7, 11) is 0. The third kappa shape index (κ3) is 3.50. The first-order valence-corrected chi connectivity index (χ1v) is 8.03. The Kier molecular flexibility index (Phi) is 5.28. The number of hydrogen-bond acceptors (Lipinski definition) is 5. The fourth-order valence-electron chi connectivity index (χ4n) is 3.09. The van der Waals surface area contributed by atoms with Crippen molar-refractivity contribution in [3.05, 3.63) is 71.3 Å². The number of benzene rings is 2. The number of hydrogen-bond donors (Lipinski definition) is 4. The van der Waals surface area contributed by atoms with Gasteiger partial charge in [-0.2, -0.15) is 0 Å². The predicted molar refractivity (Wildman–Crippen MR) is 88.4 cm³/mol. The Balaban J connectivity index is 1.82. The van der Waals surface area contributed by atoms with Crippen molar-refractivity contribution >= 4 is 0 Å². The van der Waals surface area contributed by atoms with Crippen molar-refractivity contribution in [2.75, 3.05) is 6.61 Å². The Morgan fingerprint density at radius 2 is 1.50 bits per heavy atom. The smallest absolute Gasteiger partial charge is 0.113 e. The van der Waals surface area contributed by atoms with Crippen LogP contribution in [0.25, 0.3) is 0 Å². The molecular formula is C19H22O5. The molecule has 24 heavy (non-hydrogen) atoms. The van der Waals surface area contributed by atoms with Gasteiger partial charge >= 0.3 is 0 Å². The molecule has 0 bridgehead atoms. The van der Waals surface area contributed by atoms with Crippen LogP contribution in [-0.2, 0) is 11.2 Å². The number of aliphatic hydroxyl groups excluding tert-OH is 4. The van der Waals surface area contributed by atoms with Crippen LogP contribution in [0.5, 0.6) is 0 Å². The zero-order valence-corrected chi connectivity index (χ0v) is 13.2. The Morgan fingerprint density at radius 3 is 2.21 bits per heavy atom. The molecule has 1 aliphatic rings. The maximum Gasteiger partial charge on any atom is 0.113 e. The fourth-order valence-corrected chi connectivity index (χ4v) is 3.09. The summed E-state index contributed by atoms with van der Waals surface area (Å²) < 4.78 is 5.61. The first-order valence-electron chi connectivity index (χ1n) is 8.03. The van der Waals surface area contributed by atoms with Gasteiger partial charge in [-0.1, -0.05) is 54.6 Å². The molecule has 1 heterocycles. The molecule has 0 spiro atoms. The third-order valence-electron chi connectivity index (χ3n) is 4.42. The molecule has 0 aliphatic carbocycles. The second-order valence-electron chi connectivity index (χ2n) is 6.16. The maximum absolute atomic E-state index is 10.2. The lowest BCUT2D eigenvalue weighted by Gasteiger charge is -2.40. The normalized spacial score (nSPS) is 30.2. The highest BCUT2D eigenvalue weighted by atomic mass is 16.5. The van der Waals surface area contributed by atoms with E-state index in [0.717, 1.165) is 12.0 Å². The van der Waals surface area contributed by atoms with Crippen LogP contribution in [0.2, 0.25) is 0 Å². The van der Waals surface area contributed by atoms with Crippen LogP contribution in [0.15, 0.2) is 54.6 Å². The standard InChI is InChI=1S/C19H22O5/c20-11-15-16(21)17(22)18(23)19(24-15)14-8-4-7-13(10-14)9-12-5-2-1-3-6-12/h1-8,10,15-23H,9,11H2/t15-,16?,17+,18-,19+/m1/s1. The molecule has 0 aromatic heterocycles. The van der Waals surface area contributed by atoms with E-state index in [-0.39, 0.29) is 0 Å². The summed E-state index contributed by atoms with van der Waals surface area (Å²) in [5.74, 6) is 0. The van der Waals surface area contributed by atoms with E-state index in [2.05, 4.69) is 0 Å². The summed E-state index contributed by atoms with van der Waals surface area (Å²) in [6.07, 6.45) is -4.91. The zero-order valence-electron chi connectivity index (χ0n) is 13.2. The lowest BCUT2D eigenvalue weighted by molar-refractivity contribution is -0.231. The van der Waals surface area contributed by atoms with Crippen LogP contribution in [0.3, 0.4) is 0 Å². The van der Waals surface area contributed by atoms with Gasteiger partial charge in [0.15, 0.2) is 0 Å². The Bertz CT molecular complexity index is 658. The molecule has 4 N–H and O–H groups in total. The van der Waals surface area contributed by atoms with E-state index in [1.54, 1.807) is 6.07 Å². The third-order valence-corrected chi connectivity index (χ3v) is 4.42.